The Hall–Kier alpha value is -0.830. The van der Waals surface area contributed by atoms with E-state index in [0.29, 0.717) is 19.8 Å². The molecule has 0 atom stereocenters. The van der Waals surface area contributed by atoms with Crippen LogP contribution >= 0.6 is 34.5 Å². The molecular formula is C15H14Cl2OS. The van der Waals surface area contributed by atoms with Crippen molar-refractivity contribution in [2.75, 3.05) is 0 Å². The summed E-state index contributed by atoms with van der Waals surface area (Å²) in [5.41, 5.74) is 2.08. The van der Waals surface area contributed by atoms with Crippen LogP contribution in [0.2, 0.25) is 8.67 Å². The second-order valence-corrected chi connectivity index (χ2v) is 7.65. The van der Waals surface area contributed by atoms with Crippen molar-refractivity contribution < 1.29 is 4.79 Å². The van der Waals surface area contributed by atoms with Gasteiger partial charge in [-0.2, -0.15) is 0 Å². The Morgan fingerprint density at radius 1 is 1.11 bits per heavy atom. The maximum atomic E-state index is 12.6. The molecule has 4 heteroatoms. The van der Waals surface area contributed by atoms with E-state index in [1.54, 1.807) is 6.07 Å². The second-order valence-electron chi connectivity index (χ2n) is 5.36. The van der Waals surface area contributed by atoms with Gasteiger partial charge in [-0.3, -0.25) is 4.79 Å². The van der Waals surface area contributed by atoms with Crippen molar-refractivity contribution in [1.82, 2.24) is 0 Å². The molecule has 0 amide bonds. The summed E-state index contributed by atoms with van der Waals surface area (Å²) in [4.78, 5) is 12.6. The third-order valence-electron chi connectivity index (χ3n) is 2.88. The molecule has 1 aromatic carbocycles. The molecule has 0 spiro atoms. The molecule has 0 aliphatic carbocycles. The number of ketones is 1. The average molecular weight is 313 g/mol. The first-order valence-electron chi connectivity index (χ1n) is 5.90. The second kappa shape index (κ2) is 5.28. The number of carbonyl (C=O) groups is 1. The van der Waals surface area contributed by atoms with E-state index >= 15 is 0 Å². The molecule has 0 N–H and O–H groups in total. The van der Waals surface area contributed by atoms with Crippen LogP contribution in [-0.2, 0) is 5.41 Å². The lowest BCUT2D eigenvalue weighted by molar-refractivity contribution is 0.103. The van der Waals surface area contributed by atoms with Crippen molar-refractivity contribution in [1.29, 1.82) is 0 Å². The smallest absolute Gasteiger partial charge is 0.195 e. The van der Waals surface area contributed by atoms with Gasteiger partial charge in [0.25, 0.3) is 0 Å². The predicted octanol–water partition coefficient (Wildman–Crippen LogP) is 5.58. The highest BCUT2D eigenvalue weighted by atomic mass is 35.5. The maximum absolute atomic E-state index is 12.6. The highest BCUT2D eigenvalue weighted by molar-refractivity contribution is 7.20. The minimum atomic E-state index is -0.0987. The summed E-state index contributed by atoms with van der Waals surface area (Å²) in [5.74, 6) is -0.0707. The topological polar surface area (TPSA) is 17.1 Å². The van der Waals surface area contributed by atoms with Crippen LogP contribution in [0.25, 0.3) is 0 Å². The summed E-state index contributed by atoms with van der Waals surface area (Å²) in [6.45, 7) is 6.25. The van der Waals surface area contributed by atoms with E-state index in [4.69, 9.17) is 23.2 Å². The summed E-state index contributed by atoms with van der Waals surface area (Å²) < 4.78 is 0.973. The molecule has 19 heavy (non-hydrogen) atoms. The fraction of sp³-hybridized carbons (Fsp3) is 0.267. The van der Waals surface area contributed by atoms with E-state index in [2.05, 4.69) is 20.8 Å². The number of hydrogen-bond donors (Lipinski definition) is 0. The molecule has 1 aromatic heterocycles. The van der Waals surface area contributed by atoms with Crippen LogP contribution in [0.15, 0.2) is 30.3 Å². The van der Waals surface area contributed by atoms with Crippen LogP contribution in [0.3, 0.4) is 0 Å². The number of rotatable bonds is 2. The van der Waals surface area contributed by atoms with Gasteiger partial charge in [0.2, 0.25) is 0 Å². The quantitative estimate of drug-likeness (QED) is 0.661. The van der Waals surface area contributed by atoms with Gasteiger partial charge in [-0.15, -0.1) is 11.3 Å². The summed E-state index contributed by atoms with van der Waals surface area (Å²) in [6.07, 6.45) is 0. The minimum Gasteiger partial charge on any atom is -0.289 e. The van der Waals surface area contributed by atoms with Gasteiger partial charge in [-0.25, -0.2) is 0 Å². The molecule has 2 rings (SSSR count). The van der Waals surface area contributed by atoms with Crippen LogP contribution in [0, 0.1) is 0 Å². The first-order chi connectivity index (χ1) is 8.80. The van der Waals surface area contributed by atoms with Gasteiger partial charge in [0.1, 0.15) is 4.34 Å². The Morgan fingerprint density at radius 2 is 1.74 bits per heavy atom. The zero-order valence-corrected chi connectivity index (χ0v) is 13.3. The predicted molar refractivity (Wildman–Crippen MR) is 82.9 cm³/mol. The highest BCUT2D eigenvalue weighted by Gasteiger charge is 2.24. The van der Waals surface area contributed by atoms with Crippen LogP contribution in [0.5, 0.6) is 0 Å². The monoisotopic (exact) mass is 312 g/mol. The summed E-state index contributed by atoms with van der Waals surface area (Å²) in [7, 11) is 0. The largest absolute Gasteiger partial charge is 0.289 e. The van der Waals surface area contributed by atoms with Crippen LogP contribution < -0.4 is 0 Å². The van der Waals surface area contributed by atoms with Crippen molar-refractivity contribution >= 4 is 40.3 Å². The summed E-state index contributed by atoms with van der Waals surface area (Å²) >= 11 is 13.2. The van der Waals surface area contributed by atoms with Gasteiger partial charge in [0, 0.05) is 5.56 Å². The molecule has 0 radical (unpaired) electrons. The zero-order chi connectivity index (χ0) is 14.2. The molecule has 0 saturated carbocycles. The first kappa shape index (κ1) is 14.6. The lowest BCUT2D eigenvalue weighted by Gasteiger charge is -2.22. The molecule has 0 aliphatic heterocycles. The Labute approximate surface area is 127 Å². The lowest BCUT2D eigenvalue weighted by Crippen LogP contribution is -2.17. The van der Waals surface area contributed by atoms with Crippen molar-refractivity contribution in [2.45, 2.75) is 26.2 Å². The molecule has 100 valence electrons. The summed E-state index contributed by atoms with van der Waals surface area (Å²) in [6, 6.07) is 9.26. The summed E-state index contributed by atoms with van der Waals surface area (Å²) in [5, 5.41) is 0. The molecular weight excluding hydrogens is 299 g/mol. The average Bonchev–Trinajstić information content (AvgIpc) is 2.66. The Kier molecular flexibility index (Phi) is 4.05. The third kappa shape index (κ3) is 3.02. The molecule has 1 nitrogen and oxygen atoms in total. The van der Waals surface area contributed by atoms with Crippen molar-refractivity contribution in [3.8, 4) is 0 Å². The number of thiophene rings is 1. The van der Waals surface area contributed by atoms with Crippen LogP contribution in [-0.4, -0.2) is 5.78 Å². The Morgan fingerprint density at radius 3 is 2.26 bits per heavy atom. The number of benzene rings is 1. The normalized spacial score (nSPS) is 11.6. The van der Waals surface area contributed by atoms with Gasteiger partial charge in [0.05, 0.1) is 9.90 Å². The fourth-order valence-corrected chi connectivity index (χ4v) is 3.43. The van der Waals surface area contributed by atoms with Crippen LogP contribution in [0.1, 0.15) is 42.3 Å². The molecule has 0 saturated heterocycles. The zero-order valence-electron chi connectivity index (χ0n) is 11.0. The van der Waals surface area contributed by atoms with E-state index < -0.39 is 0 Å². The Bertz CT molecular complexity index is 623. The molecule has 0 unspecified atom stereocenters. The standard InChI is InChI=1S/C15H14Cl2OS/c1-15(2,3)11-7-5-4-6-9(11)13(18)10-8-12(16)19-14(10)17/h4-8H,1-3H3. The van der Waals surface area contributed by atoms with E-state index in [1.165, 1.54) is 11.3 Å². The van der Waals surface area contributed by atoms with E-state index in [0.717, 1.165) is 5.56 Å². The molecule has 0 bridgehead atoms. The van der Waals surface area contributed by atoms with Gasteiger partial charge in [0.15, 0.2) is 5.78 Å². The molecule has 0 fully saturated rings. The van der Waals surface area contributed by atoms with Crippen molar-refractivity contribution in [3.63, 3.8) is 0 Å². The SMILES string of the molecule is CC(C)(C)c1ccccc1C(=O)c1cc(Cl)sc1Cl. The van der Waals surface area contributed by atoms with E-state index in [1.807, 2.05) is 24.3 Å². The maximum Gasteiger partial charge on any atom is 0.195 e. The van der Waals surface area contributed by atoms with E-state index in [9.17, 15) is 4.79 Å². The van der Waals surface area contributed by atoms with Crippen molar-refractivity contribution in [2.24, 2.45) is 0 Å². The Balaban J connectivity index is 2.54. The number of halogens is 2. The van der Waals surface area contributed by atoms with Crippen molar-refractivity contribution in [3.05, 3.63) is 55.7 Å². The number of hydrogen-bond acceptors (Lipinski definition) is 2. The van der Waals surface area contributed by atoms with Gasteiger partial charge < -0.3 is 0 Å². The van der Waals surface area contributed by atoms with Gasteiger partial charge >= 0.3 is 0 Å². The fourth-order valence-electron chi connectivity index (χ4n) is 1.98. The molecule has 2 aromatic rings. The van der Waals surface area contributed by atoms with Gasteiger partial charge in [-0.1, -0.05) is 68.2 Å². The number of carbonyl (C=O) groups excluding carboxylic acids is 1. The highest BCUT2D eigenvalue weighted by Crippen LogP contribution is 2.34. The lowest BCUT2D eigenvalue weighted by atomic mass is 9.82. The first-order valence-corrected chi connectivity index (χ1v) is 7.47. The molecule has 0 aliphatic rings. The van der Waals surface area contributed by atoms with Gasteiger partial charge in [-0.05, 0) is 17.0 Å². The third-order valence-corrected chi connectivity index (χ3v) is 4.37. The van der Waals surface area contributed by atoms with Crippen LogP contribution in [0.4, 0.5) is 0 Å². The molecule has 1 heterocycles. The minimum absolute atomic E-state index is 0.0707. The van der Waals surface area contributed by atoms with E-state index in [-0.39, 0.29) is 11.2 Å².